The topological polar surface area (TPSA) is 41.5 Å². The second-order valence-electron chi connectivity index (χ2n) is 3.71. The maximum absolute atomic E-state index is 12.8. The second kappa shape index (κ2) is 6.79. The molecule has 2 N–H and O–H groups in total. The Morgan fingerprint density at radius 3 is 2.33 bits per heavy atom. The van der Waals surface area contributed by atoms with E-state index < -0.39 is 19.1 Å². The first-order valence-electron chi connectivity index (χ1n) is 5.11. The van der Waals surface area contributed by atoms with Crippen LogP contribution in [0.5, 0.6) is 5.75 Å². The predicted octanol–water partition coefficient (Wildman–Crippen LogP) is 2.94. The highest BCUT2D eigenvalue weighted by molar-refractivity contribution is 9.11. The minimum atomic E-state index is -3.10. The fraction of sp³-hybridized carbons (Fsp3) is 0.455. The van der Waals surface area contributed by atoms with E-state index in [9.17, 15) is 8.78 Å². The van der Waals surface area contributed by atoms with E-state index in [0.717, 1.165) is 14.5 Å². The number of nitrogens with one attached hydrogen (secondary N) is 1. The van der Waals surface area contributed by atoms with Crippen molar-refractivity contribution < 1.29 is 18.6 Å². The van der Waals surface area contributed by atoms with E-state index in [1.165, 1.54) is 0 Å². The molecule has 102 valence electrons. The molecule has 0 fully saturated rings. The van der Waals surface area contributed by atoms with Gasteiger partial charge in [0.1, 0.15) is 12.4 Å². The molecule has 0 aromatic heterocycles. The van der Waals surface area contributed by atoms with Crippen LogP contribution in [0.1, 0.15) is 5.56 Å². The van der Waals surface area contributed by atoms with Crippen LogP contribution in [0.2, 0.25) is 0 Å². The Labute approximate surface area is 121 Å². The number of hydrogen-bond donors (Lipinski definition) is 2. The fourth-order valence-electron chi connectivity index (χ4n) is 1.36. The van der Waals surface area contributed by atoms with Crippen LogP contribution in [0.3, 0.4) is 0 Å². The Hall–Kier alpha value is -0.240. The quantitative estimate of drug-likeness (QED) is 0.787. The largest absolute Gasteiger partial charge is 0.494 e. The molecule has 0 aliphatic carbocycles. The fourth-order valence-corrected chi connectivity index (χ4v) is 2.96. The minimum absolute atomic E-state index is 0.275. The highest BCUT2D eigenvalue weighted by atomic mass is 79.9. The van der Waals surface area contributed by atoms with Gasteiger partial charge in [0.25, 0.3) is 5.92 Å². The SMILES string of the molecule is COc1c(Br)cc(CNCC(F)(F)CO)cc1Br. The Bertz CT molecular complexity index is 393. The van der Waals surface area contributed by atoms with Crippen molar-refractivity contribution in [3.05, 3.63) is 26.6 Å². The lowest BCUT2D eigenvalue weighted by atomic mass is 10.2. The van der Waals surface area contributed by atoms with E-state index in [1.54, 1.807) is 19.2 Å². The molecule has 0 heterocycles. The molecule has 1 rings (SSSR count). The van der Waals surface area contributed by atoms with Crippen LogP contribution in [-0.2, 0) is 6.54 Å². The maximum atomic E-state index is 12.8. The van der Waals surface area contributed by atoms with E-state index in [4.69, 9.17) is 9.84 Å². The van der Waals surface area contributed by atoms with Gasteiger partial charge < -0.3 is 15.2 Å². The van der Waals surface area contributed by atoms with Crippen molar-refractivity contribution in [1.82, 2.24) is 5.32 Å². The van der Waals surface area contributed by atoms with Gasteiger partial charge in [-0.3, -0.25) is 0 Å². The molecular weight excluding hydrogens is 376 g/mol. The van der Waals surface area contributed by atoms with Gasteiger partial charge in [0, 0.05) is 6.54 Å². The van der Waals surface area contributed by atoms with Crippen LogP contribution in [0.25, 0.3) is 0 Å². The molecule has 0 radical (unpaired) electrons. The van der Waals surface area contributed by atoms with E-state index >= 15 is 0 Å². The molecule has 3 nitrogen and oxygen atoms in total. The Morgan fingerprint density at radius 1 is 1.33 bits per heavy atom. The summed E-state index contributed by atoms with van der Waals surface area (Å²) >= 11 is 6.66. The summed E-state index contributed by atoms with van der Waals surface area (Å²) in [5, 5.41) is 11.0. The maximum Gasteiger partial charge on any atom is 0.282 e. The summed E-state index contributed by atoms with van der Waals surface area (Å²) in [4.78, 5) is 0. The standard InChI is InChI=1S/C11H13Br2F2NO2/c1-18-10-8(12)2-7(3-9(10)13)4-16-5-11(14,15)6-17/h2-3,16-17H,4-6H2,1H3. The number of ether oxygens (including phenoxy) is 1. The van der Waals surface area contributed by atoms with Gasteiger partial charge in [-0.1, -0.05) is 0 Å². The Kier molecular flexibility index (Phi) is 5.97. The lowest BCUT2D eigenvalue weighted by molar-refractivity contribution is -0.0477. The van der Waals surface area contributed by atoms with Gasteiger partial charge >= 0.3 is 0 Å². The van der Waals surface area contributed by atoms with Crippen molar-refractivity contribution in [2.45, 2.75) is 12.5 Å². The monoisotopic (exact) mass is 387 g/mol. The molecule has 0 saturated carbocycles. The van der Waals surface area contributed by atoms with Crippen molar-refractivity contribution in [2.24, 2.45) is 0 Å². The van der Waals surface area contributed by atoms with E-state index in [-0.39, 0.29) is 6.54 Å². The summed E-state index contributed by atoms with van der Waals surface area (Å²) < 4.78 is 32.2. The number of benzene rings is 1. The number of hydrogen-bond acceptors (Lipinski definition) is 3. The summed E-state index contributed by atoms with van der Waals surface area (Å²) in [7, 11) is 1.55. The van der Waals surface area contributed by atoms with Crippen molar-refractivity contribution in [1.29, 1.82) is 0 Å². The van der Waals surface area contributed by atoms with Crippen LogP contribution in [0.4, 0.5) is 8.78 Å². The van der Waals surface area contributed by atoms with Gasteiger partial charge in [0.05, 0.1) is 22.6 Å². The average Bonchev–Trinajstić information content (AvgIpc) is 2.28. The first kappa shape index (κ1) is 15.8. The average molecular weight is 389 g/mol. The third-order valence-corrected chi connectivity index (χ3v) is 3.38. The van der Waals surface area contributed by atoms with Gasteiger partial charge in [-0.2, -0.15) is 0 Å². The van der Waals surface area contributed by atoms with Crippen molar-refractivity contribution in [2.75, 3.05) is 20.3 Å². The first-order chi connectivity index (χ1) is 8.39. The number of methoxy groups -OCH3 is 1. The molecule has 1 aromatic carbocycles. The number of aliphatic hydroxyl groups is 1. The molecule has 0 atom stereocenters. The normalized spacial score (nSPS) is 11.7. The van der Waals surface area contributed by atoms with Crippen molar-refractivity contribution >= 4 is 31.9 Å². The van der Waals surface area contributed by atoms with E-state index in [0.29, 0.717) is 5.75 Å². The molecule has 0 aliphatic rings. The van der Waals surface area contributed by atoms with Crippen LogP contribution in [0.15, 0.2) is 21.1 Å². The van der Waals surface area contributed by atoms with Crippen LogP contribution >= 0.6 is 31.9 Å². The van der Waals surface area contributed by atoms with Crippen LogP contribution in [0, 0.1) is 0 Å². The minimum Gasteiger partial charge on any atom is -0.494 e. The molecule has 0 aliphatic heterocycles. The van der Waals surface area contributed by atoms with Crippen molar-refractivity contribution in [3.63, 3.8) is 0 Å². The lowest BCUT2D eigenvalue weighted by Crippen LogP contribution is -2.35. The Balaban J connectivity index is 2.64. The molecule has 0 amide bonds. The smallest absolute Gasteiger partial charge is 0.282 e. The highest BCUT2D eigenvalue weighted by Gasteiger charge is 2.26. The molecule has 0 unspecified atom stereocenters. The Morgan fingerprint density at radius 2 is 1.89 bits per heavy atom. The van der Waals surface area contributed by atoms with Gasteiger partial charge in [-0.25, -0.2) is 8.78 Å². The van der Waals surface area contributed by atoms with Crippen molar-refractivity contribution in [3.8, 4) is 5.75 Å². The molecular formula is C11H13Br2F2NO2. The number of aliphatic hydroxyl groups excluding tert-OH is 1. The number of alkyl halides is 2. The summed E-state index contributed by atoms with van der Waals surface area (Å²) in [5.41, 5.74) is 0.822. The predicted molar refractivity (Wildman–Crippen MR) is 72.1 cm³/mol. The second-order valence-corrected chi connectivity index (χ2v) is 5.42. The number of rotatable bonds is 6. The first-order valence-corrected chi connectivity index (χ1v) is 6.69. The molecule has 0 bridgehead atoms. The van der Waals surface area contributed by atoms with Gasteiger partial charge in [-0.15, -0.1) is 0 Å². The molecule has 7 heteroatoms. The third-order valence-electron chi connectivity index (χ3n) is 2.21. The molecule has 0 saturated heterocycles. The van der Waals surface area contributed by atoms with Gasteiger partial charge in [0.2, 0.25) is 0 Å². The summed E-state index contributed by atoms with van der Waals surface area (Å²) in [6.07, 6.45) is 0. The van der Waals surface area contributed by atoms with Crippen LogP contribution in [-0.4, -0.2) is 31.3 Å². The van der Waals surface area contributed by atoms with Crippen LogP contribution < -0.4 is 10.1 Å². The molecule has 0 spiro atoms. The van der Waals surface area contributed by atoms with E-state index in [2.05, 4.69) is 37.2 Å². The highest BCUT2D eigenvalue weighted by Crippen LogP contribution is 2.34. The van der Waals surface area contributed by atoms with Gasteiger partial charge in [-0.05, 0) is 49.6 Å². The zero-order valence-electron chi connectivity index (χ0n) is 9.64. The van der Waals surface area contributed by atoms with Gasteiger partial charge in [0.15, 0.2) is 0 Å². The molecule has 1 aromatic rings. The number of halogens is 4. The van der Waals surface area contributed by atoms with E-state index in [1.807, 2.05) is 0 Å². The summed E-state index contributed by atoms with van der Waals surface area (Å²) in [6, 6.07) is 3.57. The zero-order chi connectivity index (χ0) is 13.8. The summed E-state index contributed by atoms with van der Waals surface area (Å²) in [6.45, 7) is -1.45. The summed E-state index contributed by atoms with van der Waals surface area (Å²) in [5.74, 6) is -2.44. The third kappa shape index (κ3) is 4.46. The zero-order valence-corrected chi connectivity index (χ0v) is 12.8. The lowest BCUT2D eigenvalue weighted by Gasteiger charge is -2.14. The molecule has 18 heavy (non-hydrogen) atoms.